The first-order valence-electron chi connectivity index (χ1n) is 43.8. The molecule has 7 heteroatoms. The first kappa shape index (κ1) is 80.6. The normalized spacial score (nSPS) is 14.5. The fourth-order valence-electron chi connectivity index (χ4n) is 19.2. The van der Waals surface area contributed by atoms with Gasteiger partial charge in [-0.2, -0.15) is 0 Å². The maximum absolute atomic E-state index is 15.3. The number of anilines is 6. The highest BCUT2D eigenvalue weighted by Crippen LogP contribution is 2.60. The zero-order valence-corrected chi connectivity index (χ0v) is 71.7. The fourth-order valence-corrected chi connectivity index (χ4v) is 19.2. The minimum atomic E-state index is -0.660. The molecule has 0 N–H and O–H groups in total. The van der Waals surface area contributed by atoms with Gasteiger partial charge in [0.1, 0.15) is 34.3 Å². The van der Waals surface area contributed by atoms with Gasteiger partial charge in [0.05, 0.1) is 24.0 Å². The van der Waals surface area contributed by atoms with Crippen LogP contribution in [-0.4, -0.2) is 13.2 Å². The van der Waals surface area contributed by atoms with E-state index in [-0.39, 0.29) is 22.5 Å². The van der Waals surface area contributed by atoms with E-state index < -0.39 is 10.8 Å². The quantitative estimate of drug-likeness (QED) is 0.0505. The van der Waals surface area contributed by atoms with Crippen molar-refractivity contribution in [2.45, 2.75) is 102 Å². The second kappa shape index (κ2) is 33.6. The van der Waals surface area contributed by atoms with Gasteiger partial charge in [-0.3, -0.25) is 0 Å². The molecule has 5 nitrogen and oxygen atoms in total. The molecule has 17 aromatic rings. The van der Waals surface area contributed by atoms with Crippen molar-refractivity contribution in [2.24, 2.45) is 0 Å². The van der Waals surface area contributed by atoms with Crippen LogP contribution in [0.1, 0.15) is 145 Å². The Hall–Kier alpha value is -14.1. The van der Waals surface area contributed by atoms with Crippen LogP contribution >= 0.6 is 0 Å². The van der Waals surface area contributed by atoms with Crippen molar-refractivity contribution in [2.75, 3.05) is 23.0 Å². The molecule has 0 radical (unpaired) electrons. The molecule has 1 aromatic heterocycles. The number of rotatable bonds is 26. The van der Waals surface area contributed by atoms with Crippen molar-refractivity contribution in [1.29, 1.82) is 0 Å². The van der Waals surface area contributed by atoms with Gasteiger partial charge in [0.25, 0.3) is 0 Å². The summed E-state index contributed by atoms with van der Waals surface area (Å²) in [6.07, 6.45) is 9.45. The summed E-state index contributed by atoms with van der Waals surface area (Å²) in [6, 6.07) is 129. The van der Waals surface area contributed by atoms with Crippen LogP contribution < -0.4 is 19.3 Å². The smallest absolute Gasteiger partial charge is 0.135 e. The van der Waals surface area contributed by atoms with Crippen LogP contribution in [0.2, 0.25) is 0 Å². The molecule has 2 aliphatic rings. The number of ether oxygens (including phenoxy) is 2. The number of furan rings is 1. The van der Waals surface area contributed by atoms with Crippen LogP contribution in [0.15, 0.2) is 382 Å². The average molecular weight is 1630 g/mol. The van der Waals surface area contributed by atoms with Gasteiger partial charge in [-0.15, -0.1) is 0 Å². The summed E-state index contributed by atoms with van der Waals surface area (Å²) in [6.45, 7) is 22.7. The highest BCUT2D eigenvalue weighted by Gasteiger charge is 2.48. The maximum atomic E-state index is 15.3. The number of aryl methyl sites for hydroxylation is 2. The molecule has 0 spiro atoms. The van der Waals surface area contributed by atoms with Crippen LogP contribution in [-0.2, 0) is 34.5 Å². The third-order valence-electron chi connectivity index (χ3n) is 25.7. The van der Waals surface area contributed by atoms with Gasteiger partial charge in [-0.25, -0.2) is 8.78 Å². The first-order chi connectivity index (χ1) is 60.9. The summed E-state index contributed by atoms with van der Waals surface area (Å²) in [5.41, 5.74) is 31.1. The summed E-state index contributed by atoms with van der Waals surface area (Å²) in [7, 11) is 0. The predicted molar refractivity (Wildman–Crippen MR) is 516 cm³/mol. The lowest BCUT2D eigenvalue weighted by molar-refractivity contribution is 0.307. The number of halogens is 2. The van der Waals surface area contributed by atoms with E-state index in [4.69, 9.17) is 13.9 Å². The van der Waals surface area contributed by atoms with Gasteiger partial charge >= 0.3 is 0 Å². The summed E-state index contributed by atoms with van der Waals surface area (Å²) >= 11 is 0. The third kappa shape index (κ3) is 15.4. The van der Waals surface area contributed by atoms with Crippen molar-refractivity contribution in [1.82, 2.24) is 0 Å². The SMILES string of the molecule is C=Cc1ccc(OCCCCc2ccc(C3(c4ccc(C(C)(C)C)cc4)c4ccccc4-c4ccc(-c5cccc(N(c6ccc(F)cc6)c6ccc7oc8ccc(N(c9ccc(F)cc9)c9cccc(-c%10ccc%11c(c%10)C(c%10ccc(CCCCOc%12ccc(C=C)cc%12)cc%10)(c%10ccc(C(C)(C)C)cc%10)c%10ccccc%10-%11)c9)cc8c7c6)c5)cc43)cc2)cc1. The number of fused-ring (bicyclic) bond motifs is 9. The van der Waals surface area contributed by atoms with E-state index in [1.54, 1.807) is 0 Å². The van der Waals surface area contributed by atoms with Crippen LogP contribution in [0.4, 0.5) is 42.9 Å². The molecular weight excluding hydrogens is 1530 g/mol. The lowest BCUT2D eigenvalue weighted by Crippen LogP contribution is -2.29. The minimum Gasteiger partial charge on any atom is -0.494 e. The highest BCUT2D eigenvalue weighted by atomic mass is 19.1. The molecule has 0 saturated heterocycles. The summed E-state index contributed by atoms with van der Waals surface area (Å²) in [5.74, 6) is 1.10. The molecule has 125 heavy (non-hydrogen) atoms. The van der Waals surface area contributed by atoms with Crippen molar-refractivity contribution in [3.8, 4) is 56.0 Å². The largest absolute Gasteiger partial charge is 0.494 e. The van der Waals surface area contributed by atoms with Gasteiger partial charge < -0.3 is 23.7 Å². The van der Waals surface area contributed by atoms with Crippen molar-refractivity contribution >= 4 is 68.2 Å². The molecule has 0 aliphatic heterocycles. The zero-order valence-electron chi connectivity index (χ0n) is 71.7. The topological polar surface area (TPSA) is 38.1 Å². The lowest BCUT2D eigenvalue weighted by Gasteiger charge is -2.35. The Balaban J connectivity index is 0.663. The average Bonchev–Trinajstić information content (AvgIpc) is 1.54. The van der Waals surface area contributed by atoms with Gasteiger partial charge in [0.2, 0.25) is 0 Å². The van der Waals surface area contributed by atoms with Crippen molar-refractivity contribution in [3.05, 3.63) is 467 Å². The molecular formula is C118H100F2N2O3. The zero-order chi connectivity index (χ0) is 85.6. The van der Waals surface area contributed by atoms with Gasteiger partial charge in [-0.1, -0.05) is 285 Å². The Morgan fingerprint density at radius 2 is 0.656 bits per heavy atom. The van der Waals surface area contributed by atoms with E-state index in [0.717, 1.165) is 128 Å². The monoisotopic (exact) mass is 1630 g/mol. The van der Waals surface area contributed by atoms with Crippen LogP contribution in [0.25, 0.3) is 78.6 Å². The molecule has 0 bridgehead atoms. The Morgan fingerprint density at radius 3 is 1.03 bits per heavy atom. The highest BCUT2D eigenvalue weighted by molar-refractivity contribution is 6.08. The number of hydrogen-bond donors (Lipinski definition) is 0. The molecule has 0 amide bonds. The molecule has 614 valence electrons. The number of unbranched alkanes of at least 4 members (excludes halogenated alkanes) is 2. The van der Waals surface area contributed by atoms with E-state index in [1.807, 2.05) is 97.1 Å². The van der Waals surface area contributed by atoms with Crippen molar-refractivity contribution < 1.29 is 22.7 Å². The standard InChI is InChI=1S/C118H100F2N2O3/c1-9-79-35-63-101(64-36-79)123-71-17-15-21-81-31-41-89(42-32-81)117(91-49-45-87(46-50-91)115(3,4)5)109-29-13-11-27-103(109)105-67-39-85(75-111(105)117)83-23-19-25-97(73-83)121(95-57-53-93(119)54-58-95)99-61-69-113-107(77-99)108-78-100(62-70-114(108)125-113)122(96-59-55-94(120)56-60-96)98-26-20-24-84(74-98)86-40-68-106-104-28-12-14-30-110(104)118(112(106)76-86,92-51-47-88(48-52-92)116(6,7)8)90-43-33-82(34-44-90)22-16-18-72-124-102-65-37-80(10-2)38-66-102/h9-14,19-20,23-70,73-78H,1-2,15-18,21-22,71-72H2,3-8H3. The van der Waals surface area contributed by atoms with Crippen LogP contribution in [0, 0.1) is 11.6 Å². The fraction of sp³-hybridized carbons (Fsp3) is 0.153. The molecule has 0 fully saturated rings. The molecule has 2 aliphatic carbocycles. The van der Waals surface area contributed by atoms with E-state index >= 15 is 8.78 Å². The van der Waals surface area contributed by atoms with Gasteiger partial charge in [0.15, 0.2) is 0 Å². The van der Waals surface area contributed by atoms with Crippen molar-refractivity contribution in [3.63, 3.8) is 0 Å². The predicted octanol–water partition coefficient (Wildman–Crippen LogP) is 31.5. The van der Waals surface area contributed by atoms with Gasteiger partial charge in [-0.05, 0) is 317 Å². The lowest BCUT2D eigenvalue weighted by atomic mass is 9.67. The Kier molecular flexibility index (Phi) is 21.7. The summed E-state index contributed by atoms with van der Waals surface area (Å²) in [5, 5.41) is 1.78. The molecule has 1 heterocycles. The Bertz CT molecular complexity index is 6420. The van der Waals surface area contributed by atoms with Crippen LogP contribution in [0.3, 0.4) is 0 Å². The maximum Gasteiger partial charge on any atom is 0.135 e. The Labute approximate surface area is 733 Å². The first-order valence-corrected chi connectivity index (χ1v) is 43.8. The molecule has 2 unspecified atom stereocenters. The Morgan fingerprint density at radius 1 is 0.312 bits per heavy atom. The number of nitrogens with zero attached hydrogens (tertiary/aromatic N) is 2. The second-order valence-corrected chi connectivity index (χ2v) is 35.5. The summed E-state index contributed by atoms with van der Waals surface area (Å²) < 4.78 is 49.7. The minimum absolute atomic E-state index is 0.0424. The van der Waals surface area contributed by atoms with E-state index in [1.165, 1.54) is 113 Å². The number of hydrogen-bond acceptors (Lipinski definition) is 5. The molecule has 0 saturated carbocycles. The van der Waals surface area contributed by atoms with E-state index in [0.29, 0.717) is 24.4 Å². The number of benzene rings is 16. The van der Waals surface area contributed by atoms with Gasteiger partial charge in [0, 0.05) is 44.9 Å². The third-order valence-corrected chi connectivity index (χ3v) is 25.7. The second-order valence-electron chi connectivity index (χ2n) is 35.5. The molecule has 19 rings (SSSR count). The molecule has 2 atom stereocenters. The molecule has 16 aromatic carbocycles. The summed E-state index contributed by atoms with van der Waals surface area (Å²) in [4.78, 5) is 4.41. The van der Waals surface area contributed by atoms with Crippen LogP contribution in [0.5, 0.6) is 11.5 Å². The van der Waals surface area contributed by atoms with E-state index in [2.05, 4.69) is 319 Å². The van der Waals surface area contributed by atoms with E-state index in [9.17, 15) is 0 Å².